The SMILES string of the molecule is CCc1ccc(C(=O)CCC(=O)O)cc1. The van der Waals surface area contributed by atoms with Crippen molar-refractivity contribution >= 4 is 11.8 Å². The highest BCUT2D eigenvalue weighted by Gasteiger charge is 2.07. The van der Waals surface area contributed by atoms with E-state index in [4.69, 9.17) is 5.11 Å². The number of carboxylic acid groups (broad SMARTS) is 1. The van der Waals surface area contributed by atoms with Crippen molar-refractivity contribution in [3.8, 4) is 0 Å². The van der Waals surface area contributed by atoms with Crippen LogP contribution in [0, 0.1) is 0 Å². The summed E-state index contributed by atoms with van der Waals surface area (Å²) in [6, 6.07) is 7.30. The number of rotatable bonds is 5. The number of carboxylic acids is 1. The van der Waals surface area contributed by atoms with Gasteiger partial charge in [-0.1, -0.05) is 31.2 Å². The molecule has 0 aliphatic carbocycles. The van der Waals surface area contributed by atoms with Gasteiger partial charge in [0.25, 0.3) is 0 Å². The van der Waals surface area contributed by atoms with Gasteiger partial charge in [0.2, 0.25) is 0 Å². The van der Waals surface area contributed by atoms with Crippen molar-refractivity contribution in [1.29, 1.82) is 0 Å². The molecule has 0 saturated carbocycles. The Morgan fingerprint density at radius 2 is 1.73 bits per heavy atom. The molecule has 0 heterocycles. The van der Waals surface area contributed by atoms with Gasteiger partial charge in [0.1, 0.15) is 0 Å². The van der Waals surface area contributed by atoms with Gasteiger partial charge in [-0.2, -0.15) is 0 Å². The van der Waals surface area contributed by atoms with Crippen LogP contribution in [0.1, 0.15) is 35.7 Å². The van der Waals surface area contributed by atoms with Crippen molar-refractivity contribution in [3.63, 3.8) is 0 Å². The van der Waals surface area contributed by atoms with Crippen molar-refractivity contribution in [2.75, 3.05) is 0 Å². The van der Waals surface area contributed by atoms with Crippen LogP contribution in [0.25, 0.3) is 0 Å². The molecule has 1 aromatic carbocycles. The van der Waals surface area contributed by atoms with Crippen molar-refractivity contribution in [2.24, 2.45) is 0 Å². The van der Waals surface area contributed by atoms with E-state index in [-0.39, 0.29) is 18.6 Å². The molecular formula is C12H14O3. The number of benzene rings is 1. The number of ketones is 1. The summed E-state index contributed by atoms with van der Waals surface area (Å²) >= 11 is 0. The molecule has 0 spiro atoms. The first-order chi connectivity index (χ1) is 7.13. The second-order valence-corrected chi connectivity index (χ2v) is 3.37. The van der Waals surface area contributed by atoms with E-state index in [0.29, 0.717) is 5.56 Å². The van der Waals surface area contributed by atoms with Gasteiger partial charge in [0.15, 0.2) is 5.78 Å². The summed E-state index contributed by atoms with van der Waals surface area (Å²) in [5.41, 5.74) is 1.76. The van der Waals surface area contributed by atoms with Crippen LogP contribution in [0.4, 0.5) is 0 Å². The molecule has 0 amide bonds. The molecule has 0 fully saturated rings. The van der Waals surface area contributed by atoms with E-state index in [2.05, 4.69) is 0 Å². The number of carbonyl (C=O) groups is 2. The second kappa shape index (κ2) is 5.29. The fraction of sp³-hybridized carbons (Fsp3) is 0.333. The van der Waals surface area contributed by atoms with Gasteiger partial charge in [-0.3, -0.25) is 9.59 Å². The van der Waals surface area contributed by atoms with Gasteiger partial charge in [-0.15, -0.1) is 0 Å². The minimum Gasteiger partial charge on any atom is -0.481 e. The first-order valence-corrected chi connectivity index (χ1v) is 4.97. The third-order valence-electron chi connectivity index (χ3n) is 2.25. The highest BCUT2D eigenvalue weighted by Crippen LogP contribution is 2.08. The molecule has 1 N–H and O–H groups in total. The smallest absolute Gasteiger partial charge is 0.303 e. The zero-order chi connectivity index (χ0) is 11.3. The Kier molecular flexibility index (Phi) is 4.03. The number of hydrogen-bond acceptors (Lipinski definition) is 2. The van der Waals surface area contributed by atoms with Crippen LogP contribution in [0.15, 0.2) is 24.3 Å². The predicted octanol–water partition coefficient (Wildman–Crippen LogP) is 2.30. The third-order valence-corrected chi connectivity index (χ3v) is 2.25. The Balaban J connectivity index is 2.62. The van der Waals surface area contributed by atoms with E-state index in [9.17, 15) is 9.59 Å². The second-order valence-electron chi connectivity index (χ2n) is 3.37. The summed E-state index contributed by atoms with van der Waals surface area (Å²) in [5, 5.41) is 8.44. The Bertz CT molecular complexity index is 352. The van der Waals surface area contributed by atoms with Crippen LogP contribution >= 0.6 is 0 Å². The highest BCUT2D eigenvalue weighted by molar-refractivity contribution is 5.97. The lowest BCUT2D eigenvalue weighted by Crippen LogP contribution is -2.03. The number of aryl methyl sites for hydroxylation is 1. The summed E-state index contributed by atoms with van der Waals surface area (Å²) in [7, 11) is 0. The maximum atomic E-state index is 11.5. The van der Waals surface area contributed by atoms with Crippen LogP contribution in [0.3, 0.4) is 0 Å². The maximum absolute atomic E-state index is 11.5. The Hall–Kier alpha value is -1.64. The van der Waals surface area contributed by atoms with E-state index in [0.717, 1.165) is 6.42 Å². The quantitative estimate of drug-likeness (QED) is 0.752. The Morgan fingerprint density at radius 1 is 1.13 bits per heavy atom. The minimum absolute atomic E-state index is 0.0702. The molecule has 3 nitrogen and oxygen atoms in total. The molecule has 0 unspecified atom stereocenters. The fourth-order valence-corrected chi connectivity index (χ4v) is 1.29. The summed E-state index contributed by atoms with van der Waals surface area (Å²) in [5.74, 6) is -1.05. The van der Waals surface area contributed by atoms with E-state index >= 15 is 0 Å². The normalized spacial score (nSPS) is 9.93. The molecule has 80 valence electrons. The largest absolute Gasteiger partial charge is 0.481 e. The minimum atomic E-state index is -0.937. The molecule has 0 bridgehead atoms. The zero-order valence-electron chi connectivity index (χ0n) is 8.69. The lowest BCUT2D eigenvalue weighted by Gasteiger charge is -2.00. The summed E-state index contributed by atoms with van der Waals surface area (Å²) in [4.78, 5) is 21.8. The van der Waals surface area contributed by atoms with E-state index in [1.54, 1.807) is 12.1 Å². The van der Waals surface area contributed by atoms with Crippen LogP contribution in [-0.2, 0) is 11.2 Å². The third kappa shape index (κ3) is 3.54. The molecule has 1 aromatic rings. The molecule has 0 radical (unpaired) electrons. The number of hydrogen-bond donors (Lipinski definition) is 1. The van der Waals surface area contributed by atoms with Crippen molar-refractivity contribution in [3.05, 3.63) is 35.4 Å². The maximum Gasteiger partial charge on any atom is 0.303 e. The number of Topliss-reactive ketones (excluding diaryl/α,β-unsaturated/α-hetero) is 1. The molecule has 3 heteroatoms. The monoisotopic (exact) mass is 206 g/mol. The Labute approximate surface area is 88.7 Å². The van der Waals surface area contributed by atoms with Gasteiger partial charge in [0, 0.05) is 12.0 Å². The number of aliphatic carboxylic acids is 1. The van der Waals surface area contributed by atoms with E-state index < -0.39 is 5.97 Å². The first kappa shape index (κ1) is 11.4. The van der Waals surface area contributed by atoms with Crippen LogP contribution in [0.2, 0.25) is 0 Å². The lowest BCUT2D eigenvalue weighted by atomic mass is 10.0. The number of carbonyl (C=O) groups excluding carboxylic acids is 1. The summed E-state index contributed by atoms with van der Waals surface area (Å²) < 4.78 is 0. The molecular weight excluding hydrogens is 192 g/mol. The van der Waals surface area contributed by atoms with Gasteiger partial charge >= 0.3 is 5.97 Å². The van der Waals surface area contributed by atoms with Crippen LogP contribution < -0.4 is 0 Å². The Morgan fingerprint density at radius 3 is 2.20 bits per heavy atom. The summed E-state index contributed by atoms with van der Waals surface area (Å²) in [6.45, 7) is 2.04. The lowest BCUT2D eigenvalue weighted by molar-refractivity contribution is -0.136. The zero-order valence-corrected chi connectivity index (χ0v) is 8.69. The predicted molar refractivity (Wildman–Crippen MR) is 57.0 cm³/mol. The van der Waals surface area contributed by atoms with Gasteiger partial charge < -0.3 is 5.11 Å². The van der Waals surface area contributed by atoms with Crippen molar-refractivity contribution in [1.82, 2.24) is 0 Å². The fourth-order valence-electron chi connectivity index (χ4n) is 1.29. The van der Waals surface area contributed by atoms with Crippen LogP contribution in [-0.4, -0.2) is 16.9 Å². The topological polar surface area (TPSA) is 54.4 Å². The van der Waals surface area contributed by atoms with E-state index in [1.807, 2.05) is 19.1 Å². The van der Waals surface area contributed by atoms with Gasteiger partial charge in [-0.05, 0) is 12.0 Å². The van der Waals surface area contributed by atoms with Crippen LogP contribution in [0.5, 0.6) is 0 Å². The first-order valence-electron chi connectivity index (χ1n) is 4.97. The molecule has 0 aliphatic heterocycles. The molecule has 1 rings (SSSR count). The highest BCUT2D eigenvalue weighted by atomic mass is 16.4. The van der Waals surface area contributed by atoms with Gasteiger partial charge in [0.05, 0.1) is 6.42 Å². The molecule has 15 heavy (non-hydrogen) atoms. The van der Waals surface area contributed by atoms with Crippen molar-refractivity contribution < 1.29 is 14.7 Å². The summed E-state index contributed by atoms with van der Waals surface area (Å²) in [6.07, 6.45) is 0.902. The molecule has 0 saturated heterocycles. The molecule has 0 aliphatic rings. The van der Waals surface area contributed by atoms with Crippen molar-refractivity contribution in [2.45, 2.75) is 26.2 Å². The van der Waals surface area contributed by atoms with E-state index in [1.165, 1.54) is 5.56 Å². The van der Waals surface area contributed by atoms with Gasteiger partial charge in [-0.25, -0.2) is 0 Å². The molecule has 0 atom stereocenters. The standard InChI is InChI=1S/C12H14O3/c1-2-9-3-5-10(6-4-9)11(13)7-8-12(14)15/h3-6H,2,7-8H2,1H3,(H,14,15). The average molecular weight is 206 g/mol. The molecule has 0 aromatic heterocycles. The average Bonchev–Trinajstić information content (AvgIpc) is 2.26.